The third kappa shape index (κ3) is 2.43. The van der Waals surface area contributed by atoms with Crippen LogP contribution in [0, 0.1) is 5.92 Å². The summed E-state index contributed by atoms with van der Waals surface area (Å²) in [5.74, 6) is 1.39. The third-order valence-electron chi connectivity index (χ3n) is 4.24. The Morgan fingerprint density at radius 2 is 1.58 bits per heavy atom. The SMILES string of the molecule is C[C@@H]1CN(C)C[C@H]1c1ccccc1-c1ccccc1. The summed E-state index contributed by atoms with van der Waals surface area (Å²) in [5.41, 5.74) is 4.24. The fraction of sp³-hybridized carbons (Fsp3) is 0.333. The second-order valence-electron chi connectivity index (χ2n) is 5.76. The van der Waals surface area contributed by atoms with Gasteiger partial charge in [0.15, 0.2) is 0 Å². The minimum Gasteiger partial charge on any atom is -0.305 e. The van der Waals surface area contributed by atoms with Gasteiger partial charge in [-0.2, -0.15) is 0 Å². The molecular weight excluding hydrogens is 230 g/mol. The Labute approximate surface area is 115 Å². The zero-order valence-corrected chi connectivity index (χ0v) is 11.7. The van der Waals surface area contributed by atoms with Gasteiger partial charge in [0.1, 0.15) is 0 Å². The van der Waals surface area contributed by atoms with Crippen LogP contribution >= 0.6 is 0 Å². The molecule has 19 heavy (non-hydrogen) atoms. The van der Waals surface area contributed by atoms with Gasteiger partial charge in [-0.05, 0) is 29.7 Å². The molecule has 0 radical (unpaired) electrons. The summed E-state index contributed by atoms with van der Waals surface area (Å²) in [6.45, 7) is 4.74. The van der Waals surface area contributed by atoms with E-state index in [-0.39, 0.29) is 0 Å². The monoisotopic (exact) mass is 251 g/mol. The van der Waals surface area contributed by atoms with Crippen LogP contribution in [0.3, 0.4) is 0 Å². The molecule has 1 aliphatic rings. The van der Waals surface area contributed by atoms with E-state index in [1.807, 2.05) is 0 Å². The summed E-state index contributed by atoms with van der Waals surface area (Å²) in [5, 5.41) is 0. The van der Waals surface area contributed by atoms with Crippen LogP contribution in [0.25, 0.3) is 11.1 Å². The van der Waals surface area contributed by atoms with Gasteiger partial charge in [0, 0.05) is 19.0 Å². The van der Waals surface area contributed by atoms with Crippen molar-refractivity contribution < 1.29 is 0 Å². The first-order valence-corrected chi connectivity index (χ1v) is 7.08. The molecule has 1 aliphatic heterocycles. The summed E-state index contributed by atoms with van der Waals surface area (Å²) >= 11 is 0. The van der Waals surface area contributed by atoms with E-state index in [9.17, 15) is 0 Å². The van der Waals surface area contributed by atoms with Crippen molar-refractivity contribution in [2.24, 2.45) is 5.92 Å². The fourth-order valence-electron chi connectivity index (χ4n) is 3.31. The number of hydrogen-bond donors (Lipinski definition) is 0. The summed E-state index contributed by atoms with van der Waals surface area (Å²) in [7, 11) is 2.22. The van der Waals surface area contributed by atoms with Crippen molar-refractivity contribution in [3.8, 4) is 11.1 Å². The van der Waals surface area contributed by atoms with Gasteiger partial charge >= 0.3 is 0 Å². The number of likely N-dealkylation sites (N-methyl/N-ethyl adjacent to an activating group) is 1. The van der Waals surface area contributed by atoms with Crippen molar-refractivity contribution in [2.75, 3.05) is 20.1 Å². The smallest absolute Gasteiger partial charge is 0.00506 e. The number of nitrogens with zero attached hydrogens (tertiary/aromatic N) is 1. The van der Waals surface area contributed by atoms with Gasteiger partial charge < -0.3 is 4.90 Å². The first kappa shape index (κ1) is 12.4. The summed E-state index contributed by atoms with van der Waals surface area (Å²) in [6.07, 6.45) is 0. The number of likely N-dealkylation sites (tertiary alicyclic amines) is 1. The van der Waals surface area contributed by atoms with E-state index in [1.165, 1.54) is 29.8 Å². The van der Waals surface area contributed by atoms with Crippen molar-refractivity contribution in [3.63, 3.8) is 0 Å². The molecule has 0 aliphatic carbocycles. The average molecular weight is 251 g/mol. The van der Waals surface area contributed by atoms with Crippen LogP contribution in [0.2, 0.25) is 0 Å². The van der Waals surface area contributed by atoms with E-state index in [1.54, 1.807) is 0 Å². The molecule has 1 nitrogen and oxygen atoms in total. The van der Waals surface area contributed by atoms with Crippen LogP contribution in [0.5, 0.6) is 0 Å². The summed E-state index contributed by atoms with van der Waals surface area (Å²) < 4.78 is 0. The largest absolute Gasteiger partial charge is 0.305 e. The van der Waals surface area contributed by atoms with Crippen LogP contribution in [-0.4, -0.2) is 25.0 Å². The van der Waals surface area contributed by atoms with Crippen LogP contribution in [-0.2, 0) is 0 Å². The average Bonchev–Trinajstić information content (AvgIpc) is 2.79. The molecule has 2 atom stereocenters. The lowest BCUT2D eigenvalue weighted by Crippen LogP contribution is -2.13. The van der Waals surface area contributed by atoms with Crippen LogP contribution < -0.4 is 0 Å². The molecule has 0 amide bonds. The van der Waals surface area contributed by atoms with Crippen molar-refractivity contribution in [3.05, 3.63) is 60.2 Å². The zero-order chi connectivity index (χ0) is 13.2. The minimum absolute atomic E-state index is 0.654. The van der Waals surface area contributed by atoms with Gasteiger partial charge in [-0.15, -0.1) is 0 Å². The van der Waals surface area contributed by atoms with E-state index >= 15 is 0 Å². The van der Waals surface area contributed by atoms with Crippen LogP contribution in [0.4, 0.5) is 0 Å². The van der Waals surface area contributed by atoms with Crippen molar-refractivity contribution in [1.82, 2.24) is 4.90 Å². The normalized spacial score (nSPS) is 23.7. The highest BCUT2D eigenvalue weighted by molar-refractivity contribution is 5.68. The maximum absolute atomic E-state index is 2.44. The van der Waals surface area contributed by atoms with Crippen molar-refractivity contribution in [2.45, 2.75) is 12.8 Å². The molecular formula is C18H21N. The maximum Gasteiger partial charge on any atom is 0.00506 e. The van der Waals surface area contributed by atoms with Gasteiger partial charge in [0.25, 0.3) is 0 Å². The van der Waals surface area contributed by atoms with E-state index in [4.69, 9.17) is 0 Å². The zero-order valence-electron chi connectivity index (χ0n) is 11.7. The predicted molar refractivity (Wildman–Crippen MR) is 81.3 cm³/mol. The molecule has 2 aromatic rings. The second-order valence-corrected chi connectivity index (χ2v) is 5.76. The lowest BCUT2D eigenvalue weighted by molar-refractivity contribution is 0.401. The molecule has 98 valence electrons. The first-order valence-electron chi connectivity index (χ1n) is 7.08. The summed E-state index contributed by atoms with van der Waals surface area (Å²) in [6, 6.07) is 19.6. The van der Waals surface area contributed by atoms with Gasteiger partial charge in [-0.3, -0.25) is 0 Å². The van der Waals surface area contributed by atoms with E-state index in [0.29, 0.717) is 5.92 Å². The highest BCUT2D eigenvalue weighted by Crippen LogP contribution is 2.37. The maximum atomic E-state index is 2.44. The number of hydrogen-bond acceptors (Lipinski definition) is 1. The molecule has 0 aromatic heterocycles. The quantitative estimate of drug-likeness (QED) is 0.779. The Hall–Kier alpha value is -1.60. The Kier molecular flexibility index (Phi) is 3.39. The van der Waals surface area contributed by atoms with Gasteiger partial charge in [0.2, 0.25) is 0 Å². The minimum atomic E-state index is 0.654. The predicted octanol–water partition coefficient (Wildman–Crippen LogP) is 4.02. The highest BCUT2D eigenvalue weighted by Gasteiger charge is 2.29. The molecule has 0 saturated carbocycles. The lowest BCUT2D eigenvalue weighted by Gasteiger charge is -2.19. The van der Waals surface area contributed by atoms with Gasteiger partial charge in [-0.1, -0.05) is 61.5 Å². The molecule has 1 heterocycles. The molecule has 0 unspecified atom stereocenters. The standard InChI is InChI=1S/C18H21N/c1-14-12-19(2)13-18(14)17-11-7-6-10-16(17)15-8-4-3-5-9-15/h3-11,14,18H,12-13H2,1-2H3/t14-,18-/m1/s1. The molecule has 1 saturated heterocycles. The first-order chi connectivity index (χ1) is 9.25. The van der Waals surface area contributed by atoms with E-state index in [0.717, 1.165) is 5.92 Å². The highest BCUT2D eigenvalue weighted by atomic mass is 15.1. The fourth-order valence-corrected chi connectivity index (χ4v) is 3.31. The third-order valence-corrected chi connectivity index (χ3v) is 4.24. The van der Waals surface area contributed by atoms with Gasteiger partial charge in [-0.25, -0.2) is 0 Å². The lowest BCUT2D eigenvalue weighted by atomic mass is 9.85. The van der Waals surface area contributed by atoms with Crippen LogP contribution in [0.15, 0.2) is 54.6 Å². The summed E-state index contributed by atoms with van der Waals surface area (Å²) in [4.78, 5) is 2.44. The molecule has 2 aromatic carbocycles. The molecule has 1 fully saturated rings. The topological polar surface area (TPSA) is 3.24 Å². The molecule has 0 N–H and O–H groups in total. The number of benzene rings is 2. The Balaban J connectivity index is 2.03. The van der Waals surface area contributed by atoms with Gasteiger partial charge in [0.05, 0.1) is 0 Å². The molecule has 0 bridgehead atoms. The number of rotatable bonds is 2. The van der Waals surface area contributed by atoms with Crippen molar-refractivity contribution in [1.29, 1.82) is 0 Å². The Morgan fingerprint density at radius 1 is 0.895 bits per heavy atom. The van der Waals surface area contributed by atoms with Crippen LogP contribution in [0.1, 0.15) is 18.4 Å². The Morgan fingerprint density at radius 3 is 2.26 bits per heavy atom. The van der Waals surface area contributed by atoms with Crippen molar-refractivity contribution >= 4 is 0 Å². The Bertz CT molecular complexity index is 547. The van der Waals surface area contributed by atoms with E-state index in [2.05, 4.69) is 73.5 Å². The van der Waals surface area contributed by atoms with E-state index < -0.39 is 0 Å². The molecule has 3 rings (SSSR count). The molecule has 1 heteroatoms. The second kappa shape index (κ2) is 5.18. The molecule has 0 spiro atoms.